The average molecular weight is 399 g/mol. The fraction of sp³-hybridized carbons (Fsp3) is 0.333. The van der Waals surface area contributed by atoms with Crippen LogP contribution in [0.4, 0.5) is 0 Å². The Morgan fingerprint density at radius 3 is 2.50 bits per heavy atom. The predicted molar refractivity (Wildman–Crippen MR) is 103 cm³/mol. The molecule has 0 N–H and O–H groups in total. The summed E-state index contributed by atoms with van der Waals surface area (Å²) in [7, 11) is -3.13. The summed E-state index contributed by atoms with van der Waals surface area (Å²) < 4.78 is 29.3. The molecule has 2 aromatic carbocycles. The van der Waals surface area contributed by atoms with E-state index >= 15 is 0 Å². The summed E-state index contributed by atoms with van der Waals surface area (Å²) in [5, 5.41) is 0. The van der Waals surface area contributed by atoms with E-state index in [0.29, 0.717) is 24.1 Å². The molecule has 2 aliphatic heterocycles. The number of cyclic esters (lactones) is 1. The average Bonchev–Trinajstić information content (AvgIpc) is 3.20. The zero-order valence-electron chi connectivity index (χ0n) is 15.3. The molecule has 0 aliphatic carbocycles. The fourth-order valence-electron chi connectivity index (χ4n) is 3.87. The second-order valence-electron chi connectivity index (χ2n) is 7.25. The number of esters is 1. The first-order valence-electron chi connectivity index (χ1n) is 9.27. The summed E-state index contributed by atoms with van der Waals surface area (Å²) in [6.45, 7) is 0.335. The van der Waals surface area contributed by atoms with Crippen LogP contribution in [-0.2, 0) is 25.9 Å². The molecule has 28 heavy (non-hydrogen) atoms. The normalized spacial score (nSPS) is 22.5. The van der Waals surface area contributed by atoms with Gasteiger partial charge >= 0.3 is 5.97 Å². The van der Waals surface area contributed by atoms with E-state index in [1.54, 1.807) is 23.1 Å². The van der Waals surface area contributed by atoms with E-state index in [1.165, 1.54) is 0 Å². The van der Waals surface area contributed by atoms with Gasteiger partial charge in [-0.25, -0.2) is 13.2 Å². The number of hydrogen-bond acceptors (Lipinski definition) is 5. The molecule has 1 fully saturated rings. The minimum absolute atomic E-state index is 0.00609. The maximum atomic E-state index is 13.2. The van der Waals surface area contributed by atoms with Gasteiger partial charge in [0.05, 0.1) is 23.5 Å². The predicted octanol–water partition coefficient (Wildman–Crippen LogP) is 2.50. The van der Waals surface area contributed by atoms with Crippen LogP contribution in [-0.4, -0.2) is 42.7 Å². The van der Waals surface area contributed by atoms with Crippen molar-refractivity contribution in [2.24, 2.45) is 0 Å². The fourth-order valence-corrected chi connectivity index (χ4v) is 5.60. The third-order valence-electron chi connectivity index (χ3n) is 5.30. The van der Waals surface area contributed by atoms with Crippen molar-refractivity contribution in [3.63, 3.8) is 0 Å². The molecule has 0 spiro atoms. The van der Waals surface area contributed by atoms with Crippen molar-refractivity contribution in [3.8, 4) is 0 Å². The van der Waals surface area contributed by atoms with Crippen molar-refractivity contribution in [1.82, 2.24) is 4.90 Å². The number of hydrogen-bond donors (Lipinski definition) is 0. The number of carbonyl (C=O) groups excluding carboxylic acids is 2. The van der Waals surface area contributed by atoms with Crippen molar-refractivity contribution in [2.75, 3.05) is 11.5 Å². The van der Waals surface area contributed by atoms with Gasteiger partial charge in [-0.3, -0.25) is 4.79 Å². The van der Waals surface area contributed by atoms with Crippen LogP contribution in [0.25, 0.3) is 0 Å². The summed E-state index contributed by atoms with van der Waals surface area (Å²) in [6, 6.07) is 16.2. The SMILES string of the molecule is O=C1O[C@@H](CC(=O)N(Cc2ccccc2)[C@@H]2CCS(=O)(=O)C2)c2ccccc21. The molecule has 0 saturated carbocycles. The topological polar surface area (TPSA) is 80.8 Å². The molecular weight excluding hydrogens is 378 g/mol. The maximum Gasteiger partial charge on any atom is 0.339 e. The Balaban J connectivity index is 1.56. The van der Waals surface area contributed by atoms with E-state index in [1.807, 2.05) is 36.4 Å². The first-order chi connectivity index (χ1) is 13.4. The zero-order chi connectivity index (χ0) is 19.7. The van der Waals surface area contributed by atoms with Crippen LogP contribution in [0, 0.1) is 0 Å². The highest BCUT2D eigenvalue weighted by atomic mass is 32.2. The first kappa shape index (κ1) is 18.7. The molecule has 1 amide bonds. The van der Waals surface area contributed by atoms with Gasteiger partial charge in [-0.1, -0.05) is 48.5 Å². The zero-order valence-corrected chi connectivity index (χ0v) is 16.1. The molecule has 6 nitrogen and oxygen atoms in total. The molecular formula is C21H21NO5S. The van der Waals surface area contributed by atoms with E-state index in [9.17, 15) is 18.0 Å². The van der Waals surface area contributed by atoms with Gasteiger partial charge in [-0.05, 0) is 18.1 Å². The highest BCUT2D eigenvalue weighted by Gasteiger charge is 2.38. The number of sulfone groups is 1. The van der Waals surface area contributed by atoms with Crippen molar-refractivity contribution in [1.29, 1.82) is 0 Å². The van der Waals surface area contributed by atoms with Crippen LogP contribution in [0.5, 0.6) is 0 Å². The van der Waals surface area contributed by atoms with Gasteiger partial charge in [-0.15, -0.1) is 0 Å². The Kier molecular flexibility index (Phi) is 4.93. The smallest absolute Gasteiger partial charge is 0.339 e. The van der Waals surface area contributed by atoms with Crippen LogP contribution in [0.3, 0.4) is 0 Å². The Bertz CT molecular complexity index is 1000. The summed E-state index contributed by atoms with van der Waals surface area (Å²) in [5.41, 5.74) is 2.13. The maximum absolute atomic E-state index is 13.2. The van der Waals surface area contributed by atoms with Gasteiger partial charge in [0.1, 0.15) is 6.10 Å². The molecule has 0 aromatic heterocycles. The summed E-state index contributed by atoms with van der Waals surface area (Å²) in [5.74, 6) is -0.559. The standard InChI is InChI=1S/C21H21NO5S/c23-20(12-19-17-8-4-5-9-18(17)21(24)27-19)22(13-15-6-2-1-3-7-15)16-10-11-28(25,26)14-16/h1-9,16,19H,10-14H2/t16-,19+/m1/s1. The minimum atomic E-state index is -3.13. The van der Waals surface area contributed by atoms with Crippen molar-refractivity contribution in [2.45, 2.75) is 31.5 Å². The minimum Gasteiger partial charge on any atom is -0.453 e. The molecule has 2 aromatic rings. The van der Waals surface area contributed by atoms with Crippen molar-refractivity contribution in [3.05, 3.63) is 71.3 Å². The van der Waals surface area contributed by atoms with Crippen LogP contribution in [0.15, 0.2) is 54.6 Å². The van der Waals surface area contributed by atoms with Crippen LogP contribution in [0.1, 0.15) is 40.4 Å². The molecule has 2 aliphatic rings. The van der Waals surface area contributed by atoms with E-state index < -0.39 is 21.9 Å². The lowest BCUT2D eigenvalue weighted by molar-refractivity contribution is -0.135. The van der Waals surface area contributed by atoms with Gasteiger partial charge in [0.15, 0.2) is 9.84 Å². The summed E-state index contributed by atoms with van der Waals surface area (Å²) in [4.78, 5) is 26.8. The lowest BCUT2D eigenvalue weighted by Gasteiger charge is -2.29. The molecule has 0 bridgehead atoms. The second kappa shape index (κ2) is 7.39. The summed E-state index contributed by atoms with van der Waals surface area (Å²) in [6.07, 6.45) is -0.193. The van der Waals surface area contributed by atoms with E-state index in [0.717, 1.165) is 5.56 Å². The number of fused-ring (bicyclic) bond motifs is 1. The van der Waals surface area contributed by atoms with Crippen molar-refractivity contribution < 1.29 is 22.7 Å². The third kappa shape index (κ3) is 3.80. The van der Waals surface area contributed by atoms with E-state index in [2.05, 4.69) is 0 Å². The number of benzene rings is 2. The molecule has 7 heteroatoms. The van der Waals surface area contributed by atoms with Crippen molar-refractivity contribution >= 4 is 21.7 Å². The number of rotatable bonds is 5. The van der Waals surface area contributed by atoms with Gasteiger partial charge < -0.3 is 9.64 Å². The number of ether oxygens (including phenoxy) is 1. The lowest BCUT2D eigenvalue weighted by Crippen LogP contribution is -2.41. The number of nitrogens with zero attached hydrogens (tertiary/aromatic N) is 1. The molecule has 0 unspecified atom stereocenters. The van der Waals surface area contributed by atoms with E-state index in [4.69, 9.17) is 4.74 Å². The number of carbonyl (C=O) groups is 2. The molecule has 2 heterocycles. The molecule has 146 valence electrons. The van der Waals surface area contributed by atoms with Crippen LogP contribution < -0.4 is 0 Å². The van der Waals surface area contributed by atoms with Crippen LogP contribution in [0.2, 0.25) is 0 Å². The second-order valence-corrected chi connectivity index (χ2v) is 9.48. The largest absolute Gasteiger partial charge is 0.453 e. The quantitative estimate of drug-likeness (QED) is 0.722. The third-order valence-corrected chi connectivity index (χ3v) is 7.05. The molecule has 2 atom stereocenters. The highest BCUT2D eigenvalue weighted by molar-refractivity contribution is 7.91. The highest BCUT2D eigenvalue weighted by Crippen LogP contribution is 2.34. The molecule has 4 rings (SSSR count). The molecule has 1 saturated heterocycles. The Labute approximate surface area is 164 Å². The first-order valence-corrected chi connectivity index (χ1v) is 11.1. The summed E-state index contributed by atoms with van der Waals surface area (Å²) >= 11 is 0. The van der Waals surface area contributed by atoms with Crippen LogP contribution >= 0.6 is 0 Å². The monoisotopic (exact) mass is 399 g/mol. The van der Waals surface area contributed by atoms with Gasteiger partial charge in [0.25, 0.3) is 0 Å². The van der Waals surface area contributed by atoms with Gasteiger partial charge in [-0.2, -0.15) is 0 Å². The Hall–Kier alpha value is -2.67. The van der Waals surface area contributed by atoms with Gasteiger partial charge in [0.2, 0.25) is 5.91 Å². The Morgan fingerprint density at radius 1 is 1.07 bits per heavy atom. The van der Waals surface area contributed by atoms with E-state index in [-0.39, 0.29) is 29.9 Å². The lowest BCUT2D eigenvalue weighted by atomic mass is 10.0. The molecule has 0 radical (unpaired) electrons. The van der Waals surface area contributed by atoms with Gasteiger partial charge in [0, 0.05) is 18.2 Å². The Morgan fingerprint density at radius 2 is 1.79 bits per heavy atom. The number of amides is 1.